The third-order valence-electron chi connectivity index (χ3n) is 17.2. The third-order valence-corrected chi connectivity index (χ3v) is 17.2. The van der Waals surface area contributed by atoms with Crippen LogP contribution in [0.4, 0.5) is 17.1 Å². The van der Waals surface area contributed by atoms with Gasteiger partial charge in [-0.15, -0.1) is 0 Å². The van der Waals surface area contributed by atoms with E-state index in [-0.39, 0.29) is 0 Å². The molecule has 5 heterocycles. The zero-order valence-electron chi connectivity index (χ0n) is 44.7. The SMILES string of the molecule is c1ccc(-c2ccc3c(c2)c2ccccc2n3-c2ccc3c(c2)c2cccc4c2n3-c2ccccc2-c2ccccc2-4)cc1.c1ccc(N(c2ccccc2)c2ccc3c(c2)c2cccc4c2n3-c2ccccc2-c2ccccc2-4)cc1. The molecule has 4 heteroatoms. The highest BCUT2D eigenvalue weighted by atomic mass is 15.1. The summed E-state index contributed by atoms with van der Waals surface area (Å²) in [5, 5.41) is 7.60. The van der Waals surface area contributed by atoms with Gasteiger partial charge in [0.1, 0.15) is 0 Å². The van der Waals surface area contributed by atoms with Crippen molar-refractivity contribution in [1.82, 2.24) is 13.7 Å². The molecule has 16 aromatic rings. The third kappa shape index (κ3) is 6.92. The first-order valence-electron chi connectivity index (χ1n) is 28.3. The fraction of sp³-hybridized carbons (Fsp3) is 0. The Balaban J connectivity index is 0.000000132. The van der Waals surface area contributed by atoms with Crippen LogP contribution >= 0.6 is 0 Å². The van der Waals surface area contributed by atoms with Gasteiger partial charge in [-0.1, -0.05) is 212 Å². The van der Waals surface area contributed by atoms with Crippen molar-refractivity contribution in [2.45, 2.75) is 0 Å². The van der Waals surface area contributed by atoms with E-state index in [1.54, 1.807) is 0 Å². The van der Waals surface area contributed by atoms with Crippen molar-refractivity contribution in [3.63, 3.8) is 0 Å². The summed E-state index contributed by atoms with van der Waals surface area (Å²) < 4.78 is 7.38. The van der Waals surface area contributed by atoms with E-state index < -0.39 is 0 Å². The number of fused-ring (bicyclic) bond motifs is 19. The summed E-state index contributed by atoms with van der Waals surface area (Å²) in [6.45, 7) is 0. The monoisotopic (exact) mass is 1040 g/mol. The second-order valence-corrected chi connectivity index (χ2v) is 21.6. The van der Waals surface area contributed by atoms with Crippen LogP contribution in [-0.4, -0.2) is 13.7 Å². The van der Waals surface area contributed by atoms with Gasteiger partial charge in [0.15, 0.2) is 0 Å². The normalized spacial score (nSPS) is 11.9. The number of rotatable bonds is 5. The molecule has 0 radical (unpaired) electrons. The Morgan fingerprint density at radius 1 is 0.207 bits per heavy atom. The zero-order chi connectivity index (χ0) is 53.8. The molecule has 2 aliphatic heterocycles. The molecule has 382 valence electrons. The molecule has 0 atom stereocenters. The maximum Gasteiger partial charge on any atom is 0.0619 e. The first-order chi connectivity index (χ1) is 40.7. The van der Waals surface area contributed by atoms with Crippen LogP contribution in [0.25, 0.3) is 138 Å². The molecule has 2 aliphatic rings. The van der Waals surface area contributed by atoms with Crippen LogP contribution < -0.4 is 4.90 Å². The van der Waals surface area contributed by atoms with Gasteiger partial charge < -0.3 is 18.6 Å². The van der Waals surface area contributed by atoms with Gasteiger partial charge in [0, 0.05) is 77.3 Å². The van der Waals surface area contributed by atoms with Gasteiger partial charge in [-0.2, -0.15) is 0 Å². The van der Waals surface area contributed by atoms with Crippen LogP contribution in [0.5, 0.6) is 0 Å². The van der Waals surface area contributed by atoms with Crippen LogP contribution in [0.2, 0.25) is 0 Å². The van der Waals surface area contributed by atoms with E-state index in [2.05, 4.69) is 322 Å². The second-order valence-electron chi connectivity index (χ2n) is 21.6. The molecule has 13 aromatic carbocycles. The number of para-hydroxylation sites is 7. The zero-order valence-corrected chi connectivity index (χ0v) is 44.7. The standard InChI is InChI=1S/C42H26N2.C36H24N2/c1-2-11-27(12-3-1)28-21-23-40-36(25-28)33-16-7-8-19-38(33)43(40)29-22-24-41-37(26-29)35-18-10-17-34-31-14-5-4-13-30(31)32-15-6-9-20-39(32)44(41)42(34)35;1-3-12-25(13-4-1)37(26-14-5-2-6-15-26)27-22-23-35-33(24-27)32-20-11-19-31-29-17-8-7-16-28(29)30-18-9-10-21-34(30)38(35)36(31)32/h1-26H;1-24H. The Morgan fingerprint density at radius 3 is 1.20 bits per heavy atom. The highest BCUT2D eigenvalue weighted by Gasteiger charge is 2.27. The molecule has 18 rings (SSSR count). The highest BCUT2D eigenvalue weighted by molar-refractivity contribution is 6.19. The van der Waals surface area contributed by atoms with Gasteiger partial charge >= 0.3 is 0 Å². The largest absolute Gasteiger partial charge is 0.310 e. The summed E-state index contributed by atoms with van der Waals surface area (Å²) in [6, 6.07) is 110. The quantitative estimate of drug-likeness (QED) is 0.168. The molecule has 0 bridgehead atoms. The smallest absolute Gasteiger partial charge is 0.0619 e. The van der Waals surface area contributed by atoms with E-state index in [4.69, 9.17) is 0 Å². The Hall–Kier alpha value is -10.9. The Bertz CT molecular complexity index is 5180. The summed E-state index contributed by atoms with van der Waals surface area (Å²) in [7, 11) is 0. The number of nitrogens with zero attached hydrogens (tertiary/aromatic N) is 4. The molecule has 0 amide bonds. The molecule has 0 N–H and O–H groups in total. The van der Waals surface area contributed by atoms with E-state index in [1.807, 2.05) is 0 Å². The van der Waals surface area contributed by atoms with E-state index in [0.717, 1.165) is 17.1 Å². The lowest BCUT2D eigenvalue weighted by molar-refractivity contribution is 1.17. The fourth-order valence-electron chi connectivity index (χ4n) is 13.7. The number of hydrogen-bond acceptors (Lipinski definition) is 1. The maximum absolute atomic E-state index is 2.48. The number of hydrogen-bond donors (Lipinski definition) is 0. The molecule has 0 saturated carbocycles. The maximum atomic E-state index is 2.48. The Labute approximate surface area is 474 Å². The fourth-order valence-corrected chi connectivity index (χ4v) is 13.7. The Morgan fingerprint density at radius 2 is 0.610 bits per heavy atom. The van der Waals surface area contributed by atoms with Gasteiger partial charge in [-0.3, -0.25) is 0 Å². The molecule has 0 saturated heterocycles. The van der Waals surface area contributed by atoms with Gasteiger partial charge in [-0.25, -0.2) is 0 Å². The Kier molecular flexibility index (Phi) is 10.3. The molecule has 82 heavy (non-hydrogen) atoms. The average Bonchev–Trinajstić information content (AvgIpc) is 2.82. The van der Waals surface area contributed by atoms with E-state index in [9.17, 15) is 0 Å². The lowest BCUT2D eigenvalue weighted by Crippen LogP contribution is -2.09. The molecule has 0 spiro atoms. The second kappa shape index (κ2) is 18.3. The summed E-state index contributed by atoms with van der Waals surface area (Å²) in [4.78, 5) is 2.33. The lowest BCUT2D eigenvalue weighted by atomic mass is 9.94. The van der Waals surface area contributed by atoms with Crippen molar-refractivity contribution < 1.29 is 0 Å². The minimum absolute atomic E-state index is 1.14. The molecule has 4 nitrogen and oxygen atoms in total. The number of benzene rings is 13. The predicted octanol–water partition coefficient (Wildman–Crippen LogP) is 21.1. The van der Waals surface area contributed by atoms with Crippen molar-refractivity contribution in [1.29, 1.82) is 0 Å². The van der Waals surface area contributed by atoms with Crippen molar-refractivity contribution in [3.8, 4) is 72.7 Å². The number of anilines is 3. The van der Waals surface area contributed by atoms with Gasteiger partial charge in [-0.05, 0) is 124 Å². The molecular weight excluding hydrogens is 993 g/mol. The average molecular weight is 1040 g/mol. The molecule has 0 unspecified atom stereocenters. The molecule has 0 aliphatic carbocycles. The first kappa shape index (κ1) is 46.0. The van der Waals surface area contributed by atoms with Crippen molar-refractivity contribution in [2.24, 2.45) is 0 Å². The number of aromatic nitrogens is 3. The van der Waals surface area contributed by atoms with Crippen molar-refractivity contribution >= 4 is 82.5 Å². The first-order valence-corrected chi connectivity index (χ1v) is 28.3. The van der Waals surface area contributed by atoms with Crippen LogP contribution in [0.3, 0.4) is 0 Å². The van der Waals surface area contributed by atoms with Gasteiger partial charge in [0.2, 0.25) is 0 Å². The van der Waals surface area contributed by atoms with E-state index in [0.29, 0.717) is 0 Å². The van der Waals surface area contributed by atoms with Crippen LogP contribution in [-0.2, 0) is 0 Å². The molecular formula is C78H50N4. The highest BCUT2D eigenvalue weighted by Crippen LogP contribution is 2.50. The summed E-state index contributed by atoms with van der Waals surface area (Å²) in [5.74, 6) is 0. The van der Waals surface area contributed by atoms with Crippen LogP contribution in [0.1, 0.15) is 0 Å². The van der Waals surface area contributed by atoms with E-state index >= 15 is 0 Å². The summed E-state index contributed by atoms with van der Waals surface area (Å²) in [6.07, 6.45) is 0. The van der Waals surface area contributed by atoms with Crippen molar-refractivity contribution in [2.75, 3.05) is 4.90 Å². The topological polar surface area (TPSA) is 18.0 Å². The van der Waals surface area contributed by atoms with Crippen molar-refractivity contribution in [3.05, 3.63) is 303 Å². The lowest BCUT2D eigenvalue weighted by Gasteiger charge is -2.25. The van der Waals surface area contributed by atoms with E-state index in [1.165, 1.54) is 138 Å². The van der Waals surface area contributed by atoms with Gasteiger partial charge in [0.25, 0.3) is 0 Å². The molecule has 0 fully saturated rings. The van der Waals surface area contributed by atoms with Crippen LogP contribution in [0, 0.1) is 0 Å². The summed E-state index contributed by atoms with van der Waals surface area (Å²) in [5.41, 5.74) is 27.1. The van der Waals surface area contributed by atoms with Crippen LogP contribution in [0.15, 0.2) is 303 Å². The summed E-state index contributed by atoms with van der Waals surface area (Å²) >= 11 is 0. The molecule has 3 aromatic heterocycles. The minimum Gasteiger partial charge on any atom is -0.310 e. The predicted molar refractivity (Wildman–Crippen MR) is 345 cm³/mol. The minimum atomic E-state index is 1.14. The van der Waals surface area contributed by atoms with Gasteiger partial charge in [0.05, 0.1) is 44.5 Å².